The van der Waals surface area contributed by atoms with Crippen molar-refractivity contribution in [2.45, 2.75) is 11.8 Å². The van der Waals surface area contributed by atoms with Gasteiger partial charge < -0.3 is 14.8 Å². The standard InChI is InChI=1S/C21H20N2O5S/c1-2-27-17-9-11-19(12-10-17)28-18-7-5-16(6-8-18)23-21(24)15-3-13-20(14-4-15)29(22,25)26/h3-14H,2H2,1H3,(H,23,24)(H2,22,25,26). The van der Waals surface area contributed by atoms with E-state index >= 15 is 0 Å². The number of sulfonamides is 1. The smallest absolute Gasteiger partial charge is 0.255 e. The Hall–Kier alpha value is -3.36. The monoisotopic (exact) mass is 412 g/mol. The van der Waals surface area contributed by atoms with E-state index in [1.54, 1.807) is 24.3 Å². The van der Waals surface area contributed by atoms with Crippen LogP contribution >= 0.6 is 0 Å². The van der Waals surface area contributed by atoms with Gasteiger partial charge in [0.2, 0.25) is 10.0 Å². The molecule has 29 heavy (non-hydrogen) atoms. The molecule has 0 fully saturated rings. The minimum absolute atomic E-state index is 0.0511. The van der Waals surface area contributed by atoms with Crippen molar-refractivity contribution in [1.82, 2.24) is 0 Å². The highest BCUT2D eigenvalue weighted by Gasteiger charge is 2.10. The van der Waals surface area contributed by atoms with Crippen molar-refractivity contribution in [2.24, 2.45) is 5.14 Å². The second kappa shape index (κ2) is 8.76. The first-order chi connectivity index (χ1) is 13.8. The zero-order valence-corrected chi connectivity index (χ0v) is 16.5. The Morgan fingerprint density at radius 3 is 1.90 bits per heavy atom. The van der Waals surface area contributed by atoms with Crippen LogP contribution in [0.4, 0.5) is 5.69 Å². The van der Waals surface area contributed by atoms with Crippen molar-refractivity contribution < 1.29 is 22.7 Å². The molecule has 150 valence electrons. The summed E-state index contributed by atoms with van der Waals surface area (Å²) in [6.45, 7) is 2.52. The third-order valence-corrected chi connectivity index (χ3v) is 4.86. The molecule has 0 heterocycles. The van der Waals surface area contributed by atoms with E-state index in [4.69, 9.17) is 14.6 Å². The molecule has 0 atom stereocenters. The van der Waals surface area contributed by atoms with Crippen LogP contribution in [0, 0.1) is 0 Å². The fourth-order valence-electron chi connectivity index (χ4n) is 2.51. The van der Waals surface area contributed by atoms with Crippen molar-refractivity contribution in [3.8, 4) is 17.2 Å². The maximum Gasteiger partial charge on any atom is 0.255 e. The average molecular weight is 412 g/mol. The van der Waals surface area contributed by atoms with Gasteiger partial charge in [0, 0.05) is 11.3 Å². The van der Waals surface area contributed by atoms with E-state index in [0.29, 0.717) is 29.4 Å². The largest absolute Gasteiger partial charge is 0.494 e. The second-order valence-electron chi connectivity index (χ2n) is 6.05. The van der Waals surface area contributed by atoms with Crippen LogP contribution in [-0.4, -0.2) is 20.9 Å². The Morgan fingerprint density at radius 1 is 0.862 bits per heavy atom. The molecule has 7 nitrogen and oxygen atoms in total. The summed E-state index contributed by atoms with van der Waals surface area (Å²) < 4.78 is 33.7. The summed E-state index contributed by atoms with van der Waals surface area (Å²) in [6, 6.07) is 19.5. The second-order valence-corrected chi connectivity index (χ2v) is 7.62. The number of hydrogen-bond donors (Lipinski definition) is 2. The van der Waals surface area contributed by atoms with Crippen LogP contribution in [0.1, 0.15) is 17.3 Å². The summed E-state index contributed by atoms with van der Waals surface area (Å²) in [6.07, 6.45) is 0. The molecule has 3 rings (SSSR count). The Balaban J connectivity index is 1.62. The van der Waals surface area contributed by atoms with Crippen LogP contribution in [0.3, 0.4) is 0 Å². The lowest BCUT2D eigenvalue weighted by Crippen LogP contribution is -2.14. The number of nitrogens with two attached hydrogens (primary N) is 1. The molecule has 0 radical (unpaired) electrons. The molecule has 0 aliphatic heterocycles. The molecular weight excluding hydrogens is 392 g/mol. The maximum absolute atomic E-state index is 12.3. The summed E-state index contributed by atoms with van der Waals surface area (Å²) in [4.78, 5) is 12.3. The fraction of sp³-hybridized carbons (Fsp3) is 0.0952. The van der Waals surface area contributed by atoms with Crippen LogP contribution in [0.2, 0.25) is 0 Å². The molecule has 1 amide bonds. The Kier molecular flexibility index (Phi) is 6.16. The number of carbonyl (C=O) groups excluding carboxylic acids is 1. The zero-order chi connectivity index (χ0) is 20.9. The van der Waals surface area contributed by atoms with E-state index in [0.717, 1.165) is 5.75 Å². The number of primary sulfonamides is 1. The molecule has 3 aromatic carbocycles. The topological polar surface area (TPSA) is 108 Å². The predicted octanol–water partition coefficient (Wildman–Crippen LogP) is 3.78. The van der Waals surface area contributed by atoms with E-state index in [1.165, 1.54) is 24.3 Å². The van der Waals surface area contributed by atoms with Crippen LogP contribution in [-0.2, 0) is 10.0 Å². The quantitative estimate of drug-likeness (QED) is 0.614. The first kappa shape index (κ1) is 20.4. The highest BCUT2D eigenvalue weighted by Crippen LogP contribution is 2.25. The van der Waals surface area contributed by atoms with Crippen molar-refractivity contribution in [1.29, 1.82) is 0 Å². The minimum Gasteiger partial charge on any atom is -0.494 e. The summed E-state index contributed by atoms with van der Waals surface area (Å²) in [7, 11) is -3.79. The number of hydrogen-bond acceptors (Lipinski definition) is 5. The van der Waals surface area contributed by atoms with Gasteiger partial charge in [0.15, 0.2) is 0 Å². The molecule has 0 aliphatic carbocycles. The Morgan fingerprint density at radius 2 is 1.38 bits per heavy atom. The van der Waals surface area contributed by atoms with E-state index in [9.17, 15) is 13.2 Å². The van der Waals surface area contributed by atoms with Crippen molar-refractivity contribution in [3.63, 3.8) is 0 Å². The van der Waals surface area contributed by atoms with Gasteiger partial charge in [0.1, 0.15) is 17.2 Å². The lowest BCUT2D eigenvalue weighted by Gasteiger charge is -2.09. The van der Waals surface area contributed by atoms with Gasteiger partial charge in [-0.1, -0.05) is 0 Å². The molecule has 3 aromatic rings. The maximum atomic E-state index is 12.3. The Labute approximate surface area is 169 Å². The molecule has 0 aliphatic rings. The number of nitrogens with one attached hydrogen (secondary N) is 1. The van der Waals surface area contributed by atoms with Gasteiger partial charge >= 0.3 is 0 Å². The molecule has 0 spiro atoms. The third kappa shape index (κ3) is 5.56. The molecule has 3 N–H and O–H groups in total. The summed E-state index contributed by atoms with van der Waals surface area (Å²) >= 11 is 0. The molecule has 0 bridgehead atoms. The SMILES string of the molecule is CCOc1ccc(Oc2ccc(NC(=O)c3ccc(S(N)(=O)=O)cc3)cc2)cc1. The van der Waals surface area contributed by atoms with Gasteiger partial charge in [-0.05, 0) is 79.7 Å². The number of ether oxygens (including phenoxy) is 2. The molecular formula is C21H20N2O5S. The summed E-state index contributed by atoms with van der Waals surface area (Å²) in [5, 5.41) is 7.79. The number of carbonyl (C=O) groups is 1. The molecule has 0 saturated heterocycles. The van der Waals surface area contributed by atoms with E-state index in [-0.39, 0.29) is 10.8 Å². The summed E-state index contributed by atoms with van der Waals surface area (Å²) in [5.41, 5.74) is 0.886. The van der Waals surface area contributed by atoms with Crippen LogP contribution in [0.5, 0.6) is 17.2 Å². The predicted molar refractivity (Wildman–Crippen MR) is 110 cm³/mol. The van der Waals surface area contributed by atoms with Crippen molar-refractivity contribution in [3.05, 3.63) is 78.4 Å². The first-order valence-electron chi connectivity index (χ1n) is 8.80. The van der Waals surface area contributed by atoms with Gasteiger partial charge in [-0.3, -0.25) is 4.79 Å². The van der Waals surface area contributed by atoms with Crippen molar-refractivity contribution >= 4 is 21.6 Å². The van der Waals surface area contributed by atoms with E-state index in [1.807, 2.05) is 31.2 Å². The van der Waals surface area contributed by atoms with Gasteiger partial charge in [0.05, 0.1) is 11.5 Å². The summed E-state index contributed by atoms with van der Waals surface area (Å²) in [5.74, 6) is 1.69. The van der Waals surface area contributed by atoms with Gasteiger partial charge in [0.25, 0.3) is 5.91 Å². The average Bonchev–Trinajstić information content (AvgIpc) is 2.70. The lowest BCUT2D eigenvalue weighted by molar-refractivity contribution is 0.102. The minimum atomic E-state index is -3.79. The molecule has 8 heteroatoms. The normalized spacial score (nSPS) is 11.0. The molecule has 0 unspecified atom stereocenters. The Bertz CT molecular complexity index is 1080. The number of rotatable bonds is 7. The van der Waals surface area contributed by atoms with Gasteiger partial charge in [-0.15, -0.1) is 0 Å². The third-order valence-electron chi connectivity index (χ3n) is 3.93. The molecule has 0 saturated carbocycles. The van der Waals surface area contributed by atoms with E-state index < -0.39 is 10.0 Å². The highest BCUT2D eigenvalue weighted by molar-refractivity contribution is 7.89. The number of amides is 1. The number of anilines is 1. The van der Waals surface area contributed by atoms with Gasteiger partial charge in [-0.25, -0.2) is 13.6 Å². The lowest BCUT2D eigenvalue weighted by atomic mass is 10.2. The fourth-order valence-corrected chi connectivity index (χ4v) is 3.03. The first-order valence-corrected chi connectivity index (χ1v) is 10.3. The zero-order valence-electron chi connectivity index (χ0n) is 15.7. The van der Waals surface area contributed by atoms with E-state index in [2.05, 4.69) is 5.32 Å². The van der Waals surface area contributed by atoms with Crippen molar-refractivity contribution in [2.75, 3.05) is 11.9 Å². The van der Waals surface area contributed by atoms with Crippen LogP contribution in [0.15, 0.2) is 77.7 Å². The van der Waals surface area contributed by atoms with Gasteiger partial charge in [-0.2, -0.15) is 0 Å². The van der Waals surface area contributed by atoms with Crippen LogP contribution in [0.25, 0.3) is 0 Å². The van der Waals surface area contributed by atoms with Crippen LogP contribution < -0.4 is 19.9 Å². The number of benzene rings is 3. The highest BCUT2D eigenvalue weighted by atomic mass is 32.2. The molecule has 0 aromatic heterocycles.